The molecule has 0 radical (unpaired) electrons. The first-order chi connectivity index (χ1) is 5.39. The molecule has 0 amide bonds. The summed E-state index contributed by atoms with van der Waals surface area (Å²) in [7, 11) is 0. The van der Waals surface area contributed by atoms with Crippen LogP contribution < -0.4 is 0 Å². The van der Waals surface area contributed by atoms with Crippen molar-refractivity contribution in [1.82, 2.24) is 0 Å². The number of hydrogen-bond acceptors (Lipinski definition) is 2. The van der Waals surface area contributed by atoms with Gasteiger partial charge in [-0.3, -0.25) is 0 Å². The van der Waals surface area contributed by atoms with Crippen molar-refractivity contribution in [3.05, 3.63) is 26.3 Å². The first kappa shape index (κ1) is 13.0. The Bertz CT molecular complexity index is 66.0. The van der Waals surface area contributed by atoms with E-state index in [9.17, 15) is 0 Å². The summed E-state index contributed by atoms with van der Waals surface area (Å²) in [6.45, 7) is 12.7. The van der Waals surface area contributed by atoms with Gasteiger partial charge in [-0.15, -0.1) is 26.3 Å². The van der Waals surface area contributed by atoms with Crippen molar-refractivity contribution in [2.24, 2.45) is 0 Å². The van der Waals surface area contributed by atoms with E-state index in [1.54, 1.807) is 0 Å². The van der Waals surface area contributed by atoms with Gasteiger partial charge in [-0.2, -0.15) is 0 Å². The third-order valence-electron chi connectivity index (χ3n) is 1.16. The standard InChI is InChI=1S/C5H10O2.2C2H4/c6-5-3-1-2-4-7-5;2*1-2/h5-6H,1-4H2;2*1-2H2/t5-;;/m1../s1. The molecule has 0 unspecified atom stereocenters. The lowest BCUT2D eigenvalue weighted by Crippen LogP contribution is -2.17. The molecule has 0 aromatic heterocycles. The van der Waals surface area contributed by atoms with Crippen LogP contribution in [0.1, 0.15) is 19.3 Å². The van der Waals surface area contributed by atoms with Crippen LogP contribution in [0.5, 0.6) is 0 Å². The van der Waals surface area contributed by atoms with Crippen LogP contribution in [0.2, 0.25) is 0 Å². The largest absolute Gasteiger partial charge is 0.368 e. The SMILES string of the molecule is C=C.C=C.O[C@H]1CCCCO1. The average molecular weight is 158 g/mol. The first-order valence-corrected chi connectivity index (χ1v) is 3.69. The quantitative estimate of drug-likeness (QED) is 0.547. The molecule has 1 aliphatic rings. The van der Waals surface area contributed by atoms with E-state index in [-0.39, 0.29) is 0 Å². The van der Waals surface area contributed by atoms with Crippen molar-refractivity contribution in [3.63, 3.8) is 0 Å². The lowest BCUT2D eigenvalue weighted by atomic mass is 10.2. The molecule has 0 saturated carbocycles. The van der Waals surface area contributed by atoms with Crippen LogP contribution >= 0.6 is 0 Å². The second kappa shape index (κ2) is 12.1. The molecular weight excluding hydrogens is 140 g/mol. The monoisotopic (exact) mass is 158 g/mol. The van der Waals surface area contributed by atoms with E-state index < -0.39 is 6.29 Å². The maximum atomic E-state index is 8.69. The number of ether oxygens (including phenoxy) is 1. The fourth-order valence-electron chi connectivity index (χ4n) is 0.724. The molecular formula is C9H18O2. The Kier molecular flexibility index (Phi) is 14.3. The van der Waals surface area contributed by atoms with E-state index in [1.807, 2.05) is 0 Å². The minimum absolute atomic E-state index is 0.464. The van der Waals surface area contributed by atoms with Crippen molar-refractivity contribution in [1.29, 1.82) is 0 Å². The van der Waals surface area contributed by atoms with Gasteiger partial charge in [0.1, 0.15) is 0 Å². The summed E-state index contributed by atoms with van der Waals surface area (Å²) in [5, 5.41) is 8.69. The number of aliphatic hydroxyl groups excluding tert-OH is 1. The summed E-state index contributed by atoms with van der Waals surface area (Å²) in [4.78, 5) is 0. The van der Waals surface area contributed by atoms with E-state index in [0.29, 0.717) is 0 Å². The Hall–Kier alpha value is -0.600. The van der Waals surface area contributed by atoms with Crippen LogP contribution in [0.25, 0.3) is 0 Å². The molecule has 11 heavy (non-hydrogen) atoms. The highest BCUT2D eigenvalue weighted by Crippen LogP contribution is 2.08. The maximum Gasteiger partial charge on any atom is 0.154 e. The Labute approximate surface area is 69.2 Å². The minimum Gasteiger partial charge on any atom is -0.368 e. The lowest BCUT2D eigenvalue weighted by Gasteiger charge is -2.16. The van der Waals surface area contributed by atoms with Gasteiger partial charge >= 0.3 is 0 Å². The van der Waals surface area contributed by atoms with Crippen LogP contribution in [-0.4, -0.2) is 18.0 Å². The predicted octanol–water partition coefficient (Wildman–Crippen LogP) is 2.11. The summed E-state index contributed by atoms with van der Waals surface area (Å²) >= 11 is 0. The molecule has 1 N–H and O–H groups in total. The number of rotatable bonds is 0. The van der Waals surface area contributed by atoms with Gasteiger partial charge in [-0.25, -0.2) is 0 Å². The highest BCUT2D eigenvalue weighted by atomic mass is 16.6. The summed E-state index contributed by atoms with van der Waals surface area (Å²) < 4.78 is 4.83. The van der Waals surface area contributed by atoms with Gasteiger partial charge in [0.15, 0.2) is 6.29 Å². The van der Waals surface area contributed by atoms with Crippen molar-refractivity contribution in [2.75, 3.05) is 6.61 Å². The van der Waals surface area contributed by atoms with Gasteiger partial charge in [-0.05, 0) is 19.3 Å². The van der Waals surface area contributed by atoms with Crippen LogP contribution in [0.15, 0.2) is 26.3 Å². The van der Waals surface area contributed by atoms with Crippen LogP contribution in [-0.2, 0) is 4.74 Å². The van der Waals surface area contributed by atoms with E-state index in [0.717, 1.165) is 25.9 Å². The molecule has 0 aromatic carbocycles. The molecule has 0 aromatic rings. The van der Waals surface area contributed by atoms with Crippen molar-refractivity contribution in [2.45, 2.75) is 25.6 Å². The molecule has 1 heterocycles. The molecule has 1 fully saturated rings. The number of aliphatic hydroxyl groups is 1. The topological polar surface area (TPSA) is 29.5 Å². The zero-order chi connectivity index (χ0) is 9.11. The molecule has 1 atom stereocenters. The van der Waals surface area contributed by atoms with Crippen molar-refractivity contribution < 1.29 is 9.84 Å². The van der Waals surface area contributed by atoms with Gasteiger partial charge in [-0.1, -0.05) is 0 Å². The number of hydrogen-bond donors (Lipinski definition) is 1. The first-order valence-electron chi connectivity index (χ1n) is 3.69. The molecule has 0 bridgehead atoms. The molecule has 1 saturated heterocycles. The van der Waals surface area contributed by atoms with E-state index in [1.165, 1.54) is 0 Å². The smallest absolute Gasteiger partial charge is 0.154 e. The third-order valence-corrected chi connectivity index (χ3v) is 1.16. The van der Waals surface area contributed by atoms with Crippen molar-refractivity contribution >= 4 is 0 Å². The van der Waals surface area contributed by atoms with E-state index in [2.05, 4.69) is 26.3 Å². The van der Waals surface area contributed by atoms with Crippen molar-refractivity contribution in [3.8, 4) is 0 Å². The maximum absolute atomic E-state index is 8.69. The molecule has 2 nitrogen and oxygen atoms in total. The summed E-state index contributed by atoms with van der Waals surface area (Å²) in [6, 6.07) is 0. The summed E-state index contributed by atoms with van der Waals surface area (Å²) in [5.41, 5.74) is 0. The molecule has 1 rings (SSSR count). The average Bonchev–Trinajstić information content (AvgIpc) is 2.13. The Morgan fingerprint density at radius 2 is 1.64 bits per heavy atom. The zero-order valence-corrected chi connectivity index (χ0v) is 7.09. The van der Waals surface area contributed by atoms with Gasteiger partial charge in [0.05, 0.1) is 0 Å². The van der Waals surface area contributed by atoms with Gasteiger partial charge in [0.2, 0.25) is 0 Å². The lowest BCUT2D eigenvalue weighted by molar-refractivity contribution is -0.123. The molecule has 1 aliphatic heterocycles. The van der Waals surface area contributed by atoms with Crippen LogP contribution in [0.3, 0.4) is 0 Å². The second-order valence-corrected chi connectivity index (χ2v) is 1.82. The normalized spacial score (nSPS) is 21.7. The Morgan fingerprint density at radius 3 is 1.82 bits per heavy atom. The molecule has 66 valence electrons. The molecule has 0 aliphatic carbocycles. The highest BCUT2D eigenvalue weighted by molar-refractivity contribution is 4.50. The van der Waals surface area contributed by atoms with Gasteiger partial charge in [0.25, 0.3) is 0 Å². The fraction of sp³-hybridized carbons (Fsp3) is 0.556. The van der Waals surface area contributed by atoms with E-state index >= 15 is 0 Å². The molecule has 2 heteroatoms. The van der Waals surface area contributed by atoms with Crippen LogP contribution in [0.4, 0.5) is 0 Å². The summed E-state index contributed by atoms with van der Waals surface area (Å²) in [5.74, 6) is 0. The highest BCUT2D eigenvalue weighted by Gasteiger charge is 2.07. The Morgan fingerprint density at radius 1 is 1.09 bits per heavy atom. The van der Waals surface area contributed by atoms with E-state index in [4.69, 9.17) is 9.84 Å². The van der Waals surface area contributed by atoms with Crippen LogP contribution in [0, 0.1) is 0 Å². The van der Waals surface area contributed by atoms with Gasteiger partial charge < -0.3 is 9.84 Å². The van der Waals surface area contributed by atoms with Gasteiger partial charge in [0, 0.05) is 6.61 Å². The fourth-order valence-corrected chi connectivity index (χ4v) is 0.724. The summed E-state index contributed by atoms with van der Waals surface area (Å²) in [6.07, 6.45) is 2.58. The molecule has 0 spiro atoms. The zero-order valence-electron chi connectivity index (χ0n) is 7.09. The Balaban J connectivity index is 0. The predicted molar refractivity (Wildman–Crippen MR) is 48.3 cm³/mol. The second-order valence-electron chi connectivity index (χ2n) is 1.82. The minimum atomic E-state index is -0.464. The third kappa shape index (κ3) is 9.40.